The van der Waals surface area contributed by atoms with E-state index < -0.39 is 0 Å². The first kappa shape index (κ1) is 16.4. The van der Waals surface area contributed by atoms with Crippen LogP contribution in [0.15, 0.2) is 30.5 Å². The molecule has 24 heavy (non-hydrogen) atoms. The van der Waals surface area contributed by atoms with E-state index in [1.165, 1.54) is 5.69 Å². The van der Waals surface area contributed by atoms with Gasteiger partial charge in [0.1, 0.15) is 0 Å². The smallest absolute Gasteiger partial charge is 0.249 e. The van der Waals surface area contributed by atoms with Gasteiger partial charge in [-0.25, -0.2) is 0 Å². The molecule has 2 aromatic rings. The van der Waals surface area contributed by atoms with Gasteiger partial charge in [0.15, 0.2) is 5.82 Å². The molecule has 0 saturated carbocycles. The fourth-order valence-electron chi connectivity index (χ4n) is 2.67. The molecule has 1 aromatic carbocycles. The summed E-state index contributed by atoms with van der Waals surface area (Å²) >= 11 is 0. The minimum absolute atomic E-state index is 0.303. The van der Waals surface area contributed by atoms with Gasteiger partial charge >= 0.3 is 0 Å². The maximum atomic E-state index is 4.42. The van der Waals surface area contributed by atoms with Crippen molar-refractivity contribution in [1.82, 2.24) is 20.1 Å². The quantitative estimate of drug-likeness (QED) is 0.872. The summed E-state index contributed by atoms with van der Waals surface area (Å²) in [5, 5.41) is 14.4. The van der Waals surface area contributed by atoms with E-state index in [0.29, 0.717) is 12.0 Å². The Balaban J connectivity index is 1.64. The molecule has 3 rings (SSSR count). The van der Waals surface area contributed by atoms with Crippen molar-refractivity contribution in [3.8, 4) is 0 Å². The van der Waals surface area contributed by atoms with Gasteiger partial charge in [-0.05, 0) is 45.2 Å². The maximum Gasteiger partial charge on any atom is 0.249 e. The van der Waals surface area contributed by atoms with E-state index in [0.717, 1.165) is 37.7 Å². The van der Waals surface area contributed by atoms with Crippen molar-refractivity contribution in [3.63, 3.8) is 0 Å². The summed E-state index contributed by atoms with van der Waals surface area (Å²) in [5.74, 6) is 1.21. The highest BCUT2D eigenvalue weighted by atomic mass is 15.3. The van der Waals surface area contributed by atoms with Crippen LogP contribution in [0.2, 0.25) is 0 Å². The van der Waals surface area contributed by atoms with Crippen LogP contribution >= 0.6 is 0 Å². The molecule has 7 nitrogen and oxygen atoms in total. The lowest BCUT2D eigenvalue weighted by molar-refractivity contribution is 0.313. The van der Waals surface area contributed by atoms with Gasteiger partial charge in [-0.3, -0.25) is 0 Å². The number of likely N-dealkylation sites (N-methyl/N-ethyl adjacent to an activating group) is 1. The number of nitrogens with zero attached hydrogens (tertiary/aromatic N) is 5. The lowest BCUT2D eigenvalue weighted by Gasteiger charge is -2.34. The van der Waals surface area contributed by atoms with E-state index in [4.69, 9.17) is 0 Å². The Morgan fingerprint density at radius 1 is 1.04 bits per heavy atom. The number of anilines is 4. The highest BCUT2D eigenvalue weighted by molar-refractivity contribution is 5.59. The number of hydrogen-bond donors (Lipinski definition) is 2. The van der Waals surface area contributed by atoms with E-state index in [-0.39, 0.29) is 0 Å². The third-order valence-corrected chi connectivity index (χ3v) is 3.99. The maximum absolute atomic E-state index is 4.42. The molecule has 0 spiro atoms. The van der Waals surface area contributed by atoms with Crippen LogP contribution in [0.1, 0.15) is 13.8 Å². The molecule has 0 bridgehead atoms. The Hall–Kier alpha value is -2.41. The van der Waals surface area contributed by atoms with E-state index in [9.17, 15) is 0 Å². The first-order chi connectivity index (χ1) is 11.6. The molecular weight excluding hydrogens is 302 g/mol. The summed E-state index contributed by atoms with van der Waals surface area (Å²) in [7, 11) is 2.17. The molecule has 2 N–H and O–H groups in total. The summed E-state index contributed by atoms with van der Waals surface area (Å²) in [6, 6.07) is 8.69. The number of benzene rings is 1. The monoisotopic (exact) mass is 327 g/mol. The second-order valence-electron chi connectivity index (χ2n) is 6.43. The zero-order chi connectivity index (χ0) is 16.9. The normalized spacial score (nSPS) is 15.6. The molecule has 1 aromatic heterocycles. The topological polar surface area (TPSA) is 69.2 Å². The van der Waals surface area contributed by atoms with Gasteiger partial charge in [-0.15, -0.1) is 5.10 Å². The van der Waals surface area contributed by atoms with Gasteiger partial charge in [0.25, 0.3) is 0 Å². The van der Waals surface area contributed by atoms with E-state index in [2.05, 4.69) is 80.8 Å². The van der Waals surface area contributed by atoms with Crippen molar-refractivity contribution >= 4 is 23.1 Å². The molecule has 0 atom stereocenters. The summed E-state index contributed by atoms with van der Waals surface area (Å²) in [4.78, 5) is 9.18. The van der Waals surface area contributed by atoms with Crippen molar-refractivity contribution in [2.75, 3.05) is 48.8 Å². The summed E-state index contributed by atoms with van der Waals surface area (Å²) < 4.78 is 0. The van der Waals surface area contributed by atoms with Crippen LogP contribution in [0.5, 0.6) is 0 Å². The summed E-state index contributed by atoms with van der Waals surface area (Å²) in [6.45, 7) is 8.47. The number of nitrogens with one attached hydrogen (secondary N) is 2. The van der Waals surface area contributed by atoms with E-state index in [1.807, 2.05) is 0 Å². The average molecular weight is 327 g/mol. The summed E-state index contributed by atoms with van der Waals surface area (Å²) in [5.41, 5.74) is 2.21. The lowest BCUT2D eigenvalue weighted by Crippen LogP contribution is -2.44. The zero-order valence-corrected chi connectivity index (χ0v) is 14.5. The molecule has 1 aliphatic rings. The Morgan fingerprint density at radius 3 is 2.42 bits per heavy atom. The molecule has 128 valence electrons. The Labute approximate surface area is 143 Å². The molecule has 0 aliphatic carbocycles. The van der Waals surface area contributed by atoms with Crippen LogP contribution in [0, 0.1) is 0 Å². The zero-order valence-electron chi connectivity index (χ0n) is 14.5. The van der Waals surface area contributed by atoms with Gasteiger partial charge in [0, 0.05) is 43.6 Å². The van der Waals surface area contributed by atoms with Crippen molar-refractivity contribution in [3.05, 3.63) is 30.5 Å². The number of rotatable bonds is 5. The standard InChI is InChI=1S/C17H25N7/c1-13(2)19-16-12-18-22-17(21-16)20-14-4-6-15(7-5-14)24-10-8-23(3)9-11-24/h4-7,12-13H,8-11H2,1-3H3,(H2,19,20,21,22). The predicted molar refractivity (Wildman–Crippen MR) is 98.0 cm³/mol. The predicted octanol–water partition coefficient (Wildman–Crippen LogP) is 2.19. The van der Waals surface area contributed by atoms with Crippen LogP contribution in [0.4, 0.5) is 23.1 Å². The average Bonchev–Trinajstić information content (AvgIpc) is 2.56. The van der Waals surface area contributed by atoms with Gasteiger partial charge in [-0.2, -0.15) is 10.1 Å². The minimum atomic E-state index is 0.303. The largest absolute Gasteiger partial charge is 0.369 e. The minimum Gasteiger partial charge on any atom is -0.369 e. The van der Waals surface area contributed by atoms with Crippen molar-refractivity contribution in [1.29, 1.82) is 0 Å². The number of piperazine rings is 1. The number of aromatic nitrogens is 3. The van der Waals surface area contributed by atoms with E-state index >= 15 is 0 Å². The lowest BCUT2D eigenvalue weighted by atomic mass is 10.2. The van der Waals surface area contributed by atoms with Crippen molar-refractivity contribution < 1.29 is 0 Å². The van der Waals surface area contributed by atoms with Crippen LogP contribution in [0.25, 0.3) is 0 Å². The van der Waals surface area contributed by atoms with Crippen LogP contribution in [0.3, 0.4) is 0 Å². The fourth-order valence-corrected chi connectivity index (χ4v) is 2.67. The van der Waals surface area contributed by atoms with Crippen LogP contribution in [-0.4, -0.2) is 59.3 Å². The van der Waals surface area contributed by atoms with Crippen LogP contribution < -0.4 is 15.5 Å². The SMILES string of the molecule is CC(C)Nc1cnnc(Nc2ccc(N3CCN(C)CC3)cc2)n1. The molecular formula is C17H25N7. The Kier molecular flexibility index (Phi) is 5.10. The van der Waals surface area contributed by atoms with E-state index in [1.54, 1.807) is 6.20 Å². The first-order valence-electron chi connectivity index (χ1n) is 8.37. The molecule has 1 saturated heterocycles. The highest BCUT2D eigenvalue weighted by Crippen LogP contribution is 2.21. The van der Waals surface area contributed by atoms with Crippen LogP contribution in [-0.2, 0) is 0 Å². The van der Waals surface area contributed by atoms with Crippen molar-refractivity contribution in [2.24, 2.45) is 0 Å². The molecule has 7 heteroatoms. The molecule has 2 heterocycles. The Bertz CT molecular complexity index is 648. The third kappa shape index (κ3) is 4.32. The molecule has 0 amide bonds. The molecule has 1 fully saturated rings. The van der Waals surface area contributed by atoms with Gasteiger partial charge in [0.2, 0.25) is 5.95 Å². The van der Waals surface area contributed by atoms with Gasteiger partial charge in [0.05, 0.1) is 6.20 Å². The Morgan fingerprint density at radius 2 is 1.75 bits per heavy atom. The third-order valence-electron chi connectivity index (χ3n) is 3.99. The molecule has 0 unspecified atom stereocenters. The van der Waals surface area contributed by atoms with Gasteiger partial charge < -0.3 is 20.4 Å². The second-order valence-corrected chi connectivity index (χ2v) is 6.43. The summed E-state index contributed by atoms with van der Waals surface area (Å²) in [6.07, 6.45) is 1.63. The first-order valence-corrected chi connectivity index (χ1v) is 8.37. The number of hydrogen-bond acceptors (Lipinski definition) is 7. The molecule has 0 radical (unpaired) electrons. The fraction of sp³-hybridized carbons (Fsp3) is 0.471. The van der Waals surface area contributed by atoms with Gasteiger partial charge in [-0.1, -0.05) is 0 Å². The van der Waals surface area contributed by atoms with Crippen molar-refractivity contribution in [2.45, 2.75) is 19.9 Å². The molecule has 1 aliphatic heterocycles. The highest BCUT2D eigenvalue weighted by Gasteiger charge is 2.14. The second kappa shape index (κ2) is 7.44.